The van der Waals surface area contributed by atoms with E-state index in [9.17, 15) is 0 Å². The molecule has 3 aromatic rings. The number of hydrogen-bond donors (Lipinski definition) is 3. The molecule has 2 heterocycles. The molecule has 1 fully saturated rings. The first-order valence-electron chi connectivity index (χ1n) is 11.2. The molecule has 0 amide bonds. The number of guanidine groups is 1. The lowest BCUT2D eigenvalue weighted by atomic mass is 10.1. The van der Waals surface area contributed by atoms with Gasteiger partial charge in [-0.1, -0.05) is 18.2 Å². The van der Waals surface area contributed by atoms with Gasteiger partial charge in [0.25, 0.3) is 0 Å². The van der Waals surface area contributed by atoms with Crippen molar-refractivity contribution in [2.75, 3.05) is 45.8 Å². The smallest absolute Gasteiger partial charge is 0.191 e. The Balaban J connectivity index is 0.00000306. The lowest BCUT2D eigenvalue weighted by Crippen LogP contribution is -2.44. The first-order chi connectivity index (χ1) is 15.7. The number of para-hydroxylation sites is 1. The van der Waals surface area contributed by atoms with E-state index in [1.165, 1.54) is 16.5 Å². The minimum Gasteiger partial charge on any atom is -0.497 e. The van der Waals surface area contributed by atoms with E-state index in [1.54, 1.807) is 14.2 Å². The van der Waals surface area contributed by atoms with Gasteiger partial charge >= 0.3 is 0 Å². The molecule has 0 spiro atoms. The molecule has 178 valence electrons. The van der Waals surface area contributed by atoms with Gasteiger partial charge in [0, 0.05) is 73.7 Å². The zero-order valence-electron chi connectivity index (χ0n) is 19.6. The first kappa shape index (κ1) is 25.0. The summed E-state index contributed by atoms with van der Waals surface area (Å²) < 4.78 is 10.8. The monoisotopic (exact) mass is 563 g/mol. The van der Waals surface area contributed by atoms with Crippen LogP contribution in [0.3, 0.4) is 0 Å². The Morgan fingerprint density at radius 3 is 2.64 bits per heavy atom. The van der Waals surface area contributed by atoms with E-state index in [1.807, 2.05) is 13.1 Å². The summed E-state index contributed by atoms with van der Waals surface area (Å²) in [7, 11) is 5.19. The van der Waals surface area contributed by atoms with Crippen molar-refractivity contribution in [1.29, 1.82) is 0 Å². The molecule has 1 aliphatic rings. The van der Waals surface area contributed by atoms with E-state index >= 15 is 0 Å². The largest absolute Gasteiger partial charge is 0.497 e. The van der Waals surface area contributed by atoms with Crippen molar-refractivity contribution < 1.29 is 9.47 Å². The second-order valence-corrected chi connectivity index (χ2v) is 8.11. The normalized spacial score (nSPS) is 15.9. The molecule has 3 N–H and O–H groups in total. The summed E-state index contributed by atoms with van der Waals surface area (Å²) in [6, 6.07) is 14.8. The van der Waals surface area contributed by atoms with Crippen molar-refractivity contribution in [3.63, 3.8) is 0 Å². The van der Waals surface area contributed by atoms with E-state index in [0.717, 1.165) is 62.0 Å². The van der Waals surface area contributed by atoms with E-state index in [0.29, 0.717) is 6.04 Å². The number of fused-ring (bicyclic) bond motifs is 1. The molecule has 4 rings (SSSR count). The zero-order chi connectivity index (χ0) is 22.3. The summed E-state index contributed by atoms with van der Waals surface area (Å²) in [6.45, 7) is 2.76. The molecule has 8 heteroatoms. The summed E-state index contributed by atoms with van der Waals surface area (Å²) in [5, 5.41) is 8.36. The summed E-state index contributed by atoms with van der Waals surface area (Å²) in [5.41, 5.74) is 3.69. The minimum atomic E-state index is 0. The molecule has 0 aliphatic carbocycles. The van der Waals surface area contributed by atoms with E-state index in [4.69, 9.17) is 9.47 Å². The lowest BCUT2D eigenvalue weighted by Gasteiger charge is -2.21. The number of nitrogens with zero attached hydrogens (tertiary/aromatic N) is 2. The fourth-order valence-electron chi connectivity index (χ4n) is 4.30. The average molecular weight is 563 g/mol. The van der Waals surface area contributed by atoms with Crippen LogP contribution in [0.1, 0.15) is 18.4 Å². The van der Waals surface area contributed by atoms with Crippen LogP contribution in [0.4, 0.5) is 5.69 Å². The first-order valence-corrected chi connectivity index (χ1v) is 11.2. The van der Waals surface area contributed by atoms with E-state index in [-0.39, 0.29) is 24.0 Å². The Bertz CT molecular complexity index is 1050. The summed E-state index contributed by atoms with van der Waals surface area (Å²) >= 11 is 0. The van der Waals surface area contributed by atoms with Gasteiger partial charge in [-0.3, -0.25) is 4.99 Å². The van der Waals surface area contributed by atoms with Crippen molar-refractivity contribution in [2.24, 2.45) is 4.99 Å². The van der Waals surface area contributed by atoms with E-state index < -0.39 is 0 Å². The molecule has 1 atom stereocenters. The third-order valence-corrected chi connectivity index (χ3v) is 6.04. The Hall–Kier alpha value is -2.62. The second-order valence-electron chi connectivity index (χ2n) is 8.11. The quantitative estimate of drug-likeness (QED) is 0.166. The number of anilines is 1. The number of ether oxygens (including phenoxy) is 2. The minimum absolute atomic E-state index is 0. The number of aliphatic imine (C=N–C) groups is 1. The van der Waals surface area contributed by atoms with Crippen LogP contribution in [0.5, 0.6) is 11.5 Å². The van der Waals surface area contributed by atoms with Crippen LogP contribution < -0.4 is 25.0 Å². The number of methoxy groups -OCH3 is 2. The van der Waals surface area contributed by atoms with Gasteiger partial charge in [0.15, 0.2) is 5.96 Å². The van der Waals surface area contributed by atoms with Gasteiger partial charge in [0.2, 0.25) is 0 Å². The number of nitrogens with one attached hydrogen (secondary N) is 3. The van der Waals surface area contributed by atoms with Crippen LogP contribution in [0, 0.1) is 0 Å². The molecule has 1 unspecified atom stereocenters. The Morgan fingerprint density at radius 1 is 1.15 bits per heavy atom. The molecule has 0 saturated carbocycles. The molecule has 7 nitrogen and oxygen atoms in total. The Morgan fingerprint density at radius 2 is 1.91 bits per heavy atom. The summed E-state index contributed by atoms with van der Waals surface area (Å²) in [4.78, 5) is 10.1. The molecule has 1 aromatic heterocycles. The van der Waals surface area contributed by atoms with Crippen molar-refractivity contribution in [2.45, 2.75) is 25.3 Å². The number of H-pyrrole nitrogens is 1. The molecule has 1 aliphatic heterocycles. The van der Waals surface area contributed by atoms with Gasteiger partial charge in [-0.15, -0.1) is 24.0 Å². The Kier molecular flexibility index (Phi) is 9.11. The number of aromatic nitrogens is 1. The van der Waals surface area contributed by atoms with Gasteiger partial charge in [-0.05, 0) is 30.9 Å². The van der Waals surface area contributed by atoms with Crippen molar-refractivity contribution in [1.82, 2.24) is 15.6 Å². The molecule has 0 radical (unpaired) electrons. The van der Waals surface area contributed by atoms with Crippen LogP contribution >= 0.6 is 24.0 Å². The maximum atomic E-state index is 5.42. The van der Waals surface area contributed by atoms with Crippen LogP contribution in [0.25, 0.3) is 10.9 Å². The fraction of sp³-hybridized carbons (Fsp3) is 0.400. The second kappa shape index (κ2) is 12.0. The standard InChI is InChI=1S/C25H33N5O2.HI/c1-26-25(27-11-6-7-18-16-28-24-9-5-4-8-23(18)24)29-19-10-12-30(17-19)20-13-21(31-2)15-22(14-20)32-3;/h4-5,8-9,13-16,19,28H,6-7,10-12,17H2,1-3H3,(H2,26,27,29);1H. The molecule has 2 aromatic carbocycles. The number of aromatic amines is 1. The van der Waals surface area contributed by atoms with Gasteiger partial charge in [-0.25, -0.2) is 0 Å². The molecule has 0 bridgehead atoms. The summed E-state index contributed by atoms with van der Waals surface area (Å²) in [5.74, 6) is 2.48. The van der Waals surface area contributed by atoms with Crippen LogP contribution in [-0.4, -0.2) is 57.9 Å². The van der Waals surface area contributed by atoms with Crippen molar-refractivity contribution >= 4 is 46.5 Å². The molecular formula is C25H34IN5O2. The highest BCUT2D eigenvalue weighted by Crippen LogP contribution is 2.30. The highest BCUT2D eigenvalue weighted by Gasteiger charge is 2.24. The van der Waals surface area contributed by atoms with Crippen molar-refractivity contribution in [3.05, 3.63) is 54.2 Å². The Labute approximate surface area is 213 Å². The number of rotatable bonds is 8. The zero-order valence-corrected chi connectivity index (χ0v) is 21.9. The maximum Gasteiger partial charge on any atom is 0.191 e. The van der Waals surface area contributed by atoms with Crippen LogP contribution in [0.2, 0.25) is 0 Å². The van der Waals surface area contributed by atoms with Gasteiger partial charge in [0.05, 0.1) is 14.2 Å². The molecule has 33 heavy (non-hydrogen) atoms. The average Bonchev–Trinajstić information content (AvgIpc) is 3.48. The lowest BCUT2D eigenvalue weighted by molar-refractivity contribution is 0.394. The third-order valence-electron chi connectivity index (χ3n) is 6.04. The van der Waals surface area contributed by atoms with E-state index in [2.05, 4.69) is 68.1 Å². The topological polar surface area (TPSA) is 73.9 Å². The van der Waals surface area contributed by atoms with Gasteiger partial charge in [-0.2, -0.15) is 0 Å². The number of halogens is 1. The maximum absolute atomic E-state index is 5.42. The number of benzene rings is 2. The fourth-order valence-corrected chi connectivity index (χ4v) is 4.30. The van der Waals surface area contributed by atoms with Gasteiger partial charge < -0.3 is 30.0 Å². The molecular weight excluding hydrogens is 529 g/mol. The number of aryl methyl sites for hydroxylation is 1. The highest BCUT2D eigenvalue weighted by atomic mass is 127. The molecule has 1 saturated heterocycles. The number of hydrogen-bond acceptors (Lipinski definition) is 4. The third kappa shape index (κ3) is 6.25. The van der Waals surface area contributed by atoms with Crippen LogP contribution in [-0.2, 0) is 6.42 Å². The SMILES string of the molecule is CN=C(NCCCc1c[nH]c2ccccc12)NC1CCN(c2cc(OC)cc(OC)c2)C1.I. The summed E-state index contributed by atoms with van der Waals surface area (Å²) in [6.07, 6.45) is 5.25. The predicted molar refractivity (Wildman–Crippen MR) is 147 cm³/mol. The highest BCUT2D eigenvalue weighted by molar-refractivity contribution is 14.0. The van der Waals surface area contributed by atoms with Crippen LogP contribution in [0.15, 0.2) is 53.7 Å². The van der Waals surface area contributed by atoms with Gasteiger partial charge in [0.1, 0.15) is 11.5 Å². The van der Waals surface area contributed by atoms with Crippen molar-refractivity contribution in [3.8, 4) is 11.5 Å². The predicted octanol–water partition coefficient (Wildman–Crippen LogP) is 4.18.